The van der Waals surface area contributed by atoms with Crippen LogP contribution in [0.25, 0.3) is 0 Å². The number of rotatable bonds is 6. The van der Waals surface area contributed by atoms with E-state index in [4.69, 9.17) is 18.9 Å². The first-order valence-electron chi connectivity index (χ1n) is 7.85. The zero-order valence-corrected chi connectivity index (χ0v) is 14.1. The van der Waals surface area contributed by atoms with Crippen LogP contribution in [0.5, 0.6) is 23.0 Å². The summed E-state index contributed by atoms with van der Waals surface area (Å²) in [5, 5.41) is 5.87. The highest BCUT2D eigenvalue weighted by atomic mass is 16.6. The van der Waals surface area contributed by atoms with E-state index in [0.29, 0.717) is 41.9 Å². The Morgan fingerprint density at radius 3 is 2.44 bits per heavy atom. The van der Waals surface area contributed by atoms with E-state index in [1.807, 2.05) is 6.07 Å². The van der Waals surface area contributed by atoms with Gasteiger partial charge in [0, 0.05) is 23.5 Å². The summed E-state index contributed by atoms with van der Waals surface area (Å²) in [5.41, 5.74) is 1.42. The predicted octanol–water partition coefficient (Wildman–Crippen LogP) is 2.53. The molecule has 2 aromatic rings. The van der Waals surface area contributed by atoms with E-state index >= 15 is 0 Å². The number of methoxy groups -OCH3 is 2. The zero-order chi connectivity index (χ0) is 17.6. The van der Waals surface area contributed by atoms with E-state index in [1.54, 1.807) is 44.6 Å². The molecule has 0 saturated carbocycles. The van der Waals surface area contributed by atoms with Crippen LogP contribution in [0.3, 0.4) is 0 Å². The highest BCUT2D eigenvalue weighted by Gasteiger charge is 2.13. The molecule has 1 aliphatic heterocycles. The quantitative estimate of drug-likeness (QED) is 0.838. The van der Waals surface area contributed by atoms with Crippen molar-refractivity contribution in [3.05, 3.63) is 36.4 Å². The van der Waals surface area contributed by atoms with E-state index in [1.165, 1.54) is 0 Å². The molecule has 0 aromatic heterocycles. The topological polar surface area (TPSA) is 78.1 Å². The lowest BCUT2D eigenvalue weighted by molar-refractivity contribution is -0.114. The van der Waals surface area contributed by atoms with Gasteiger partial charge < -0.3 is 29.6 Å². The molecule has 0 fully saturated rings. The van der Waals surface area contributed by atoms with Gasteiger partial charge in [0.05, 0.1) is 20.8 Å². The molecule has 3 rings (SSSR count). The van der Waals surface area contributed by atoms with Gasteiger partial charge in [-0.15, -0.1) is 0 Å². The normalized spacial score (nSPS) is 12.2. The first-order valence-corrected chi connectivity index (χ1v) is 7.85. The number of anilines is 2. The molecule has 0 bridgehead atoms. The third-order valence-corrected chi connectivity index (χ3v) is 3.66. The first kappa shape index (κ1) is 16.8. The summed E-state index contributed by atoms with van der Waals surface area (Å²) < 4.78 is 21.4. The number of hydrogen-bond acceptors (Lipinski definition) is 6. The molecule has 132 valence electrons. The molecule has 0 atom stereocenters. The number of hydrogen-bond donors (Lipinski definition) is 2. The van der Waals surface area contributed by atoms with Crippen molar-refractivity contribution in [1.29, 1.82) is 0 Å². The Bertz CT molecular complexity index is 763. The molecular weight excluding hydrogens is 324 g/mol. The van der Waals surface area contributed by atoms with Crippen LogP contribution in [0.1, 0.15) is 0 Å². The van der Waals surface area contributed by atoms with Gasteiger partial charge in [-0.05, 0) is 24.3 Å². The van der Waals surface area contributed by atoms with Crippen molar-refractivity contribution in [1.82, 2.24) is 0 Å². The lowest BCUT2D eigenvalue weighted by atomic mass is 10.2. The third-order valence-electron chi connectivity index (χ3n) is 3.66. The van der Waals surface area contributed by atoms with Gasteiger partial charge in [0.25, 0.3) is 0 Å². The maximum Gasteiger partial charge on any atom is 0.243 e. The number of amides is 1. The average molecular weight is 344 g/mol. The SMILES string of the molecule is COc1ccc(NCC(=O)Nc2ccc3c(c2)OCCO3)cc1OC. The standard InChI is InChI=1S/C18H20N2O5/c1-22-14-5-3-12(9-16(14)23-2)19-11-18(21)20-13-4-6-15-17(10-13)25-8-7-24-15/h3-6,9-10,19H,7-8,11H2,1-2H3,(H,20,21). The van der Waals surface area contributed by atoms with Crippen LogP contribution in [0, 0.1) is 0 Å². The third kappa shape index (κ3) is 4.06. The molecule has 0 spiro atoms. The highest BCUT2D eigenvalue weighted by molar-refractivity contribution is 5.94. The molecule has 7 nitrogen and oxygen atoms in total. The van der Waals surface area contributed by atoms with Crippen LogP contribution in [-0.2, 0) is 4.79 Å². The molecule has 0 unspecified atom stereocenters. The predicted molar refractivity (Wildman–Crippen MR) is 94.1 cm³/mol. The Kier molecular flexibility index (Phi) is 5.13. The van der Waals surface area contributed by atoms with Crippen LogP contribution in [0.15, 0.2) is 36.4 Å². The minimum Gasteiger partial charge on any atom is -0.493 e. The minimum atomic E-state index is -0.175. The van der Waals surface area contributed by atoms with E-state index in [-0.39, 0.29) is 12.5 Å². The summed E-state index contributed by atoms with van der Waals surface area (Å²) in [6, 6.07) is 10.7. The maximum atomic E-state index is 12.1. The highest BCUT2D eigenvalue weighted by Crippen LogP contribution is 2.32. The van der Waals surface area contributed by atoms with Gasteiger partial charge in [-0.3, -0.25) is 4.79 Å². The van der Waals surface area contributed by atoms with E-state index in [9.17, 15) is 4.79 Å². The van der Waals surface area contributed by atoms with Crippen LogP contribution >= 0.6 is 0 Å². The molecule has 0 aliphatic carbocycles. The zero-order valence-electron chi connectivity index (χ0n) is 14.1. The van der Waals surface area contributed by atoms with Gasteiger partial charge in [0.15, 0.2) is 23.0 Å². The van der Waals surface area contributed by atoms with E-state index < -0.39 is 0 Å². The van der Waals surface area contributed by atoms with Crippen LogP contribution < -0.4 is 29.6 Å². The lowest BCUT2D eigenvalue weighted by Crippen LogP contribution is -2.22. The average Bonchev–Trinajstić information content (AvgIpc) is 2.66. The Hall–Kier alpha value is -3.09. The van der Waals surface area contributed by atoms with Crippen molar-refractivity contribution in [3.8, 4) is 23.0 Å². The fourth-order valence-corrected chi connectivity index (χ4v) is 2.45. The summed E-state index contributed by atoms with van der Waals surface area (Å²) in [6.45, 7) is 1.16. The molecular formula is C18H20N2O5. The van der Waals surface area contributed by atoms with E-state index in [2.05, 4.69) is 10.6 Å². The number of carbonyl (C=O) groups is 1. The molecule has 1 amide bonds. The molecule has 2 N–H and O–H groups in total. The first-order chi connectivity index (χ1) is 12.2. The summed E-state index contributed by atoms with van der Waals surface area (Å²) in [5.74, 6) is 2.38. The Labute approximate surface area is 145 Å². The van der Waals surface area contributed by atoms with Crippen molar-refractivity contribution >= 4 is 17.3 Å². The van der Waals surface area contributed by atoms with Crippen LogP contribution in [0.4, 0.5) is 11.4 Å². The fraction of sp³-hybridized carbons (Fsp3) is 0.278. The Morgan fingerprint density at radius 1 is 0.960 bits per heavy atom. The summed E-state index contributed by atoms with van der Waals surface area (Å²) in [4.78, 5) is 12.1. The second kappa shape index (κ2) is 7.65. The Balaban J connectivity index is 1.58. The monoisotopic (exact) mass is 344 g/mol. The number of carbonyl (C=O) groups excluding carboxylic acids is 1. The number of fused-ring (bicyclic) bond motifs is 1. The smallest absolute Gasteiger partial charge is 0.243 e. The van der Waals surface area contributed by atoms with Crippen molar-refractivity contribution in [2.45, 2.75) is 0 Å². The van der Waals surface area contributed by atoms with Gasteiger partial charge >= 0.3 is 0 Å². The van der Waals surface area contributed by atoms with Crippen molar-refractivity contribution in [2.24, 2.45) is 0 Å². The van der Waals surface area contributed by atoms with Crippen LogP contribution in [-0.4, -0.2) is 39.9 Å². The van der Waals surface area contributed by atoms with Gasteiger partial charge in [0.2, 0.25) is 5.91 Å². The minimum absolute atomic E-state index is 0.115. The van der Waals surface area contributed by atoms with Crippen LogP contribution in [0.2, 0.25) is 0 Å². The largest absolute Gasteiger partial charge is 0.493 e. The van der Waals surface area contributed by atoms with Crippen molar-refractivity contribution in [3.63, 3.8) is 0 Å². The summed E-state index contributed by atoms with van der Waals surface area (Å²) >= 11 is 0. The molecule has 1 heterocycles. The van der Waals surface area contributed by atoms with E-state index in [0.717, 1.165) is 5.69 Å². The molecule has 1 aliphatic rings. The maximum absolute atomic E-state index is 12.1. The van der Waals surface area contributed by atoms with Gasteiger partial charge in [0.1, 0.15) is 13.2 Å². The van der Waals surface area contributed by atoms with Gasteiger partial charge in [-0.1, -0.05) is 0 Å². The number of ether oxygens (including phenoxy) is 4. The lowest BCUT2D eigenvalue weighted by Gasteiger charge is -2.19. The summed E-state index contributed by atoms with van der Waals surface area (Å²) in [7, 11) is 3.14. The number of nitrogens with one attached hydrogen (secondary N) is 2. The van der Waals surface area contributed by atoms with Crippen molar-refractivity contribution in [2.75, 3.05) is 44.6 Å². The van der Waals surface area contributed by atoms with Crippen molar-refractivity contribution < 1.29 is 23.7 Å². The molecule has 25 heavy (non-hydrogen) atoms. The molecule has 0 saturated heterocycles. The second-order valence-corrected chi connectivity index (χ2v) is 5.33. The molecule has 2 aromatic carbocycles. The molecule has 7 heteroatoms. The summed E-state index contributed by atoms with van der Waals surface area (Å²) in [6.07, 6.45) is 0. The Morgan fingerprint density at radius 2 is 1.68 bits per heavy atom. The van der Waals surface area contributed by atoms with Gasteiger partial charge in [-0.25, -0.2) is 0 Å². The number of benzene rings is 2. The molecule has 0 radical (unpaired) electrons. The fourth-order valence-electron chi connectivity index (χ4n) is 2.45. The van der Waals surface area contributed by atoms with Gasteiger partial charge in [-0.2, -0.15) is 0 Å². The second-order valence-electron chi connectivity index (χ2n) is 5.33.